The minimum atomic E-state index is -3.74. The molecule has 0 aliphatic rings. The van der Waals surface area contributed by atoms with Crippen LogP contribution in [0.15, 0.2) is 89.3 Å². The Bertz CT molecular complexity index is 1590. The number of thiazole rings is 1. The topological polar surface area (TPSA) is 71.7 Å². The number of aromatic nitrogens is 1. The zero-order chi connectivity index (χ0) is 25.9. The number of nitrogens with zero attached hydrogens (tertiary/aromatic N) is 3. The van der Waals surface area contributed by atoms with Crippen LogP contribution in [-0.2, 0) is 23.1 Å². The molecule has 0 unspecified atom stereocenters. The normalized spacial score (nSPS) is 12.4. The number of carbonyl (C=O) groups is 1. The molecule has 0 bridgehead atoms. The van der Waals surface area contributed by atoms with Gasteiger partial charge < -0.3 is 4.57 Å². The summed E-state index contributed by atoms with van der Waals surface area (Å²) in [6.45, 7) is 6.53. The fourth-order valence-corrected chi connectivity index (χ4v) is 6.67. The molecule has 0 saturated heterocycles. The average molecular weight is 561 g/mol. The van der Waals surface area contributed by atoms with Crippen LogP contribution in [0.5, 0.6) is 0 Å². The van der Waals surface area contributed by atoms with Crippen molar-refractivity contribution in [3.8, 4) is 0 Å². The highest BCUT2D eigenvalue weighted by atomic mass is 35.5. The van der Waals surface area contributed by atoms with Crippen molar-refractivity contribution in [2.24, 2.45) is 4.99 Å². The SMILES string of the molecule is C=CCn1c(=NC(=O)c2ccc(S(=O)(=O)N(CC)Cc3ccccc3)cc2)sc2ccc(Cl)c(Cl)c21. The summed E-state index contributed by atoms with van der Waals surface area (Å²) < 4.78 is 30.4. The van der Waals surface area contributed by atoms with Gasteiger partial charge in [-0.3, -0.25) is 4.79 Å². The van der Waals surface area contributed by atoms with E-state index in [2.05, 4.69) is 11.6 Å². The van der Waals surface area contributed by atoms with Crippen LogP contribution in [0.4, 0.5) is 0 Å². The third-order valence-corrected chi connectivity index (χ3v) is 9.31. The van der Waals surface area contributed by atoms with Gasteiger partial charge in [0.15, 0.2) is 4.80 Å². The summed E-state index contributed by atoms with van der Waals surface area (Å²) >= 11 is 13.9. The Kier molecular flexibility index (Phi) is 8.12. The number of carbonyl (C=O) groups excluding carboxylic acids is 1. The van der Waals surface area contributed by atoms with Crippen LogP contribution in [0, 0.1) is 0 Å². The summed E-state index contributed by atoms with van der Waals surface area (Å²) in [6.07, 6.45) is 1.68. The minimum Gasteiger partial charge on any atom is -0.311 e. The lowest BCUT2D eigenvalue weighted by atomic mass is 10.2. The van der Waals surface area contributed by atoms with Gasteiger partial charge in [0.1, 0.15) is 0 Å². The summed E-state index contributed by atoms with van der Waals surface area (Å²) in [5.74, 6) is -0.498. The van der Waals surface area contributed by atoms with Gasteiger partial charge in [0.25, 0.3) is 5.91 Å². The second-order valence-corrected chi connectivity index (χ2v) is 11.6. The molecule has 0 spiro atoms. The molecule has 4 aromatic rings. The number of sulfonamides is 1. The summed E-state index contributed by atoms with van der Waals surface area (Å²) in [6, 6.07) is 18.7. The van der Waals surface area contributed by atoms with Gasteiger partial charge in [-0.05, 0) is 42.0 Å². The molecule has 0 N–H and O–H groups in total. The van der Waals surface area contributed by atoms with Crippen molar-refractivity contribution in [3.63, 3.8) is 0 Å². The lowest BCUT2D eigenvalue weighted by molar-refractivity contribution is 0.0997. The van der Waals surface area contributed by atoms with Crippen LogP contribution < -0.4 is 4.80 Å². The van der Waals surface area contributed by atoms with Gasteiger partial charge in [-0.25, -0.2) is 8.42 Å². The van der Waals surface area contributed by atoms with E-state index < -0.39 is 15.9 Å². The second-order valence-electron chi connectivity index (χ2n) is 7.85. The Balaban J connectivity index is 1.65. The van der Waals surface area contributed by atoms with Gasteiger partial charge in [0, 0.05) is 25.2 Å². The molecule has 1 aromatic heterocycles. The highest BCUT2D eigenvalue weighted by molar-refractivity contribution is 7.89. The molecule has 6 nitrogen and oxygen atoms in total. The number of halogens is 2. The van der Waals surface area contributed by atoms with Gasteiger partial charge in [0.2, 0.25) is 10.0 Å². The lowest BCUT2D eigenvalue weighted by Gasteiger charge is -2.20. The number of allylic oxidation sites excluding steroid dienone is 1. The first-order chi connectivity index (χ1) is 17.3. The van der Waals surface area contributed by atoms with E-state index in [0.717, 1.165) is 10.3 Å². The van der Waals surface area contributed by atoms with E-state index in [-0.39, 0.29) is 17.0 Å². The first kappa shape index (κ1) is 26.3. The second kappa shape index (κ2) is 11.1. The van der Waals surface area contributed by atoms with Crippen molar-refractivity contribution in [1.82, 2.24) is 8.87 Å². The summed E-state index contributed by atoms with van der Waals surface area (Å²) in [4.78, 5) is 17.8. The minimum absolute atomic E-state index is 0.113. The monoisotopic (exact) mass is 559 g/mol. The van der Waals surface area contributed by atoms with E-state index in [1.54, 1.807) is 23.6 Å². The van der Waals surface area contributed by atoms with Crippen LogP contribution in [0.3, 0.4) is 0 Å². The molecule has 0 aliphatic carbocycles. The molecule has 3 aromatic carbocycles. The van der Waals surface area contributed by atoms with Crippen LogP contribution in [-0.4, -0.2) is 29.7 Å². The van der Waals surface area contributed by atoms with E-state index in [0.29, 0.717) is 33.5 Å². The van der Waals surface area contributed by atoms with Crippen LogP contribution in [0.25, 0.3) is 10.2 Å². The van der Waals surface area contributed by atoms with Gasteiger partial charge in [-0.1, -0.05) is 77.9 Å². The predicted molar refractivity (Wildman–Crippen MR) is 146 cm³/mol. The fraction of sp³-hybridized carbons (Fsp3) is 0.154. The maximum Gasteiger partial charge on any atom is 0.279 e. The summed E-state index contributed by atoms with van der Waals surface area (Å²) in [7, 11) is -3.74. The average Bonchev–Trinajstić information content (AvgIpc) is 3.23. The van der Waals surface area contributed by atoms with E-state index in [4.69, 9.17) is 23.2 Å². The molecule has 0 saturated carbocycles. The van der Waals surface area contributed by atoms with Crippen molar-refractivity contribution in [1.29, 1.82) is 0 Å². The van der Waals surface area contributed by atoms with Gasteiger partial charge in [-0.2, -0.15) is 9.30 Å². The smallest absolute Gasteiger partial charge is 0.279 e. The maximum absolute atomic E-state index is 13.2. The number of amides is 1. The maximum atomic E-state index is 13.2. The zero-order valence-corrected chi connectivity index (χ0v) is 22.5. The van der Waals surface area contributed by atoms with E-state index in [1.807, 2.05) is 36.4 Å². The number of hydrogen-bond acceptors (Lipinski definition) is 4. The number of benzene rings is 3. The largest absolute Gasteiger partial charge is 0.311 e. The molecule has 1 amide bonds. The number of fused-ring (bicyclic) bond motifs is 1. The van der Waals surface area contributed by atoms with E-state index in [1.165, 1.54) is 39.9 Å². The number of hydrogen-bond donors (Lipinski definition) is 0. The standard InChI is InChI=1S/C26H23Cl2N3O3S2/c1-3-16-31-24-22(15-14-21(27)23(24)28)35-26(31)29-25(32)19-10-12-20(13-11-19)36(33,34)30(4-2)17-18-8-6-5-7-9-18/h3,5-15H,1,4,16-17H2,2H3. The Morgan fingerprint density at radius 3 is 2.42 bits per heavy atom. The molecule has 36 heavy (non-hydrogen) atoms. The van der Waals surface area contributed by atoms with Gasteiger partial charge in [-0.15, -0.1) is 6.58 Å². The molecule has 4 rings (SSSR count). The number of rotatable bonds is 8. The quantitative estimate of drug-likeness (QED) is 0.243. The Labute approximate surface area is 223 Å². The summed E-state index contributed by atoms with van der Waals surface area (Å²) in [5.41, 5.74) is 1.85. The molecular weight excluding hydrogens is 537 g/mol. The van der Waals surface area contributed by atoms with Gasteiger partial charge >= 0.3 is 0 Å². The molecule has 186 valence electrons. The first-order valence-corrected chi connectivity index (χ1v) is 14.1. The van der Waals surface area contributed by atoms with Crippen molar-refractivity contribution in [2.45, 2.75) is 24.9 Å². The molecule has 10 heteroatoms. The molecule has 0 radical (unpaired) electrons. The zero-order valence-electron chi connectivity index (χ0n) is 19.4. The van der Waals surface area contributed by atoms with Crippen molar-refractivity contribution < 1.29 is 13.2 Å². The highest BCUT2D eigenvalue weighted by Crippen LogP contribution is 2.32. The third-order valence-electron chi connectivity index (χ3n) is 5.54. The molecule has 1 heterocycles. The Morgan fingerprint density at radius 2 is 1.78 bits per heavy atom. The molecule has 0 aliphatic heterocycles. The Morgan fingerprint density at radius 1 is 1.08 bits per heavy atom. The van der Waals surface area contributed by atoms with E-state index >= 15 is 0 Å². The Hall–Kier alpha value is -2.75. The van der Waals surface area contributed by atoms with Crippen LogP contribution in [0.2, 0.25) is 10.0 Å². The predicted octanol–water partition coefficient (Wildman–Crippen LogP) is 6.15. The molecule has 0 fully saturated rings. The van der Waals surface area contributed by atoms with Crippen molar-refractivity contribution in [2.75, 3.05) is 6.54 Å². The fourth-order valence-electron chi connectivity index (χ4n) is 3.71. The van der Waals surface area contributed by atoms with Crippen LogP contribution >= 0.6 is 34.5 Å². The van der Waals surface area contributed by atoms with Crippen molar-refractivity contribution >= 4 is 60.7 Å². The molecular formula is C26H23Cl2N3O3S2. The van der Waals surface area contributed by atoms with Crippen LogP contribution in [0.1, 0.15) is 22.8 Å². The first-order valence-electron chi connectivity index (χ1n) is 11.1. The summed E-state index contributed by atoms with van der Waals surface area (Å²) in [5, 5.41) is 0.787. The lowest BCUT2D eigenvalue weighted by Crippen LogP contribution is -2.30. The van der Waals surface area contributed by atoms with Gasteiger partial charge in [0.05, 0.1) is 25.2 Å². The van der Waals surface area contributed by atoms with E-state index in [9.17, 15) is 13.2 Å². The highest BCUT2D eigenvalue weighted by Gasteiger charge is 2.23. The molecule has 0 atom stereocenters. The van der Waals surface area contributed by atoms with Crippen molar-refractivity contribution in [3.05, 3.63) is 105 Å². The third kappa shape index (κ3) is 5.33.